The lowest BCUT2D eigenvalue weighted by atomic mass is 10.1. The molecule has 4 nitrogen and oxygen atoms in total. The van der Waals surface area contributed by atoms with Gasteiger partial charge in [0, 0.05) is 13.1 Å². The summed E-state index contributed by atoms with van der Waals surface area (Å²) >= 11 is 0. The topological polar surface area (TPSA) is 39.7 Å². The number of nitrogens with zero attached hydrogens (tertiary/aromatic N) is 2. The van der Waals surface area contributed by atoms with E-state index in [1.54, 1.807) is 0 Å². The van der Waals surface area contributed by atoms with Crippen molar-refractivity contribution in [2.75, 3.05) is 26.7 Å². The molecule has 0 amide bonds. The zero-order chi connectivity index (χ0) is 15.5. The third-order valence-electron chi connectivity index (χ3n) is 3.11. The van der Waals surface area contributed by atoms with Crippen LogP contribution in [0.4, 0.5) is 0 Å². The summed E-state index contributed by atoms with van der Waals surface area (Å²) in [5, 5.41) is 6.27. The Balaban J connectivity index is 2.68. The summed E-state index contributed by atoms with van der Waals surface area (Å²) in [6, 6.07) is 8.55. The van der Waals surface area contributed by atoms with Gasteiger partial charge in [0.2, 0.25) is 0 Å². The zero-order valence-electron chi connectivity index (χ0n) is 13.3. The van der Waals surface area contributed by atoms with Crippen molar-refractivity contribution in [3.05, 3.63) is 35.4 Å². The summed E-state index contributed by atoms with van der Waals surface area (Å²) in [4.78, 5) is 6.83. The first-order valence-electron chi connectivity index (χ1n) is 7.41. The van der Waals surface area contributed by atoms with Gasteiger partial charge in [-0.25, -0.2) is 4.99 Å². The Morgan fingerprint density at radius 2 is 2.05 bits per heavy atom. The van der Waals surface area contributed by atoms with Crippen LogP contribution in [0.2, 0.25) is 0 Å². The summed E-state index contributed by atoms with van der Waals surface area (Å²) in [5.74, 6) is 3.31. The van der Waals surface area contributed by atoms with E-state index in [2.05, 4.69) is 64.7 Å². The van der Waals surface area contributed by atoms with E-state index in [0.29, 0.717) is 13.1 Å². The van der Waals surface area contributed by atoms with Gasteiger partial charge in [0.1, 0.15) is 0 Å². The smallest absolute Gasteiger partial charge is 0.192 e. The molecule has 2 N–H and O–H groups in total. The molecule has 0 aliphatic carbocycles. The number of terminal acetylenes is 1. The Morgan fingerprint density at radius 3 is 2.71 bits per heavy atom. The third-order valence-corrected chi connectivity index (χ3v) is 3.11. The van der Waals surface area contributed by atoms with Crippen molar-refractivity contribution in [1.82, 2.24) is 15.5 Å². The maximum Gasteiger partial charge on any atom is 0.192 e. The summed E-state index contributed by atoms with van der Waals surface area (Å²) in [5.41, 5.74) is 2.52. The fourth-order valence-corrected chi connectivity index (χ4v) is 1.90. The first-order valence-corrected chi connectivity index (χ1v) is 7.41. The van der Waals surface area contributed by atoms with Crippen molar-refractivity contribution < 1.29 is 0 Å². The number of hydrogen-bond acceptors (Lipinski definition) is 2. The van der Waals surface area contributed by atoms with E-state index in [1.807, 2.05) is 6.92 Å². The monoisotopic (exact) mass is 286 g/mol. The van der Waals surface area contributed by atoms with Crippen LogP contribution in [0.25, 0.3) is 0 Å². The van der Waals surface area contributed by atoms with Crippen LogP contribution >= 0.6 is 0 Å². The van der Waals surface area contributed by atoms with Gasteiger partial charge >= 0.3 is 0 Å². The van der Waals surface area contributed by atoms with Crippen molar-refractivity contribution in [2.45, 2.75) is 26.9 Å². The van der Waals surface area contributed by atoms with Crippen molar-refractivity contribution in [3.8, 4) is 12.3 Å². The minimum Gasteiger partial charge on any atom is -0.357 e. The maximum atomic E-state index is 5.26. The van der Waals surface area contributed by atoms with Gasteiger partial charge in [0.05, 0.1) is 13.1 Å². The van der Waals surface area contributed by atoms with E-state index in [9.17, 15) is 0 Å². The summed E-state index contributed by atoms with van der Waals surface area (Å²) in [7, 11) is 2.12. The number of rotatable bonds is 7. The number of nitrogens with one attached hydrogen (secondary N) is 2. The van der Waals surface area contributed by atoms with Gasteiger partial charge in [-0.3, -0.25) is 0 Å². The number of aliphatic imine (C=N–C) groups is 1. The van der Waals surface area contributed by atoms with Crippen LogP contribution in [-0.4, -0.2) is 37.5 Å². The van der Waals surface area contributed by atoms with E-state index >= 15 is 0 Å². The normalized spacial score (nSPS) is 11.3. The van der Waals surface area contributed by atoms with Crippen molar-refractivity contribution >= 4 is 5.96 Å². The molecule has 21 heavy (non-hydrogen) atoms. The zero-order valence-corrected chi connectivity index (χ0v) is 13.3. The second kappa shape index (κ2) is 9.84. The van der Waals surface area contributed by atoms with E-state index in [-0.39, 0.29) is 0 Å². The minimum absolute atomic E-state index is 0.479. The Labute approximate surface area is 128 Å². The standard InChI is InChI=1S/C17H26N4/c1-5-11-19-17(18-6-2)20-13-15-9-8-10-16(12-15)14-21(4)7-3/h1,8-10,12H,6-7,11,13-14H2,2-4H3,(H2,18,19,20). The van der Waals surface area contributed by atoms with Gasteiger partial charge in [-0.2, -0.15) is 0 Å². The van der Waals surface area contributed by atoms with Crippen molar-refractivity contribution in [3.63, 3.8) is 0 Å². The predicted molar refractivity (Wildman–Crippen MR) is 90.1 cm³/mol. The lowest BCUT2D eigenvalue weighted by Crippen LogP contribution is -2.37. The van der Waals surface area contributed by atoms with Crippen LogP contribution in [0.3, 0.4) is 0 Å². The van der Waals surface area contributed by atoms with Gasteiger partial charge in [0.25, 0.3) is 0 Å². The highest BCUT2D eigenvalue weighted by atomic mass is 15.2. The molecule has 0 saturated carbocycles. The molecule has 0 aliphatic heterocycles. The fourth-order valence-electron chi connectivity index (χ4n) is 1.90. The number of hydrogen-bond donors (Lipinski definition) is 2. The Kier molecular flexibility index (Phi) is 8.00. The molecule has 0 heterocycles. The molecule has 0 aromatic heterocycles. The predicted octanol–water partition coefficient (Wildman–Crippen LogP) is 1.83. The third kappa shape index (κ3) is 6.82. The summed E-state index contributed by atoms with van der Waals surface area (Å²) in [6.07, 6.45) is 5.26. The first kappa shape index (κ1) is 17.1. The molecule has 1 aromatic rings. The van der Waals surface area contributed by atoms with Gasteiger partial charge in [-0.05, 0) is 31.6 Å². The number of benzene rings is 1. The molecule has 0 saturated heterocycles. The van der Waals surface area contributed by atoms with Crippen LogP contribution in [0.15, 0.2) is 29.3 Å². The minimum atomic E-state index is 0.479. The molecule has 0 spiro atoms. The molecule has 0 unspecified atom stereocenters. The van der Waals surface area contributed by atoms with Crippen molar-refractivity contribution in [2.24, 2.45) is 4.99 Å². The molecular formula is C17H26N4. The van der Waals surface area contributed by atoms with E-state index in [4.69, 9.17) is 6.42 Å². The highest BCUT2D eigenvalue weighted by Crippen LogP contribution is 2.08. The fraction of sp³-hybridized carbons (Fsp3) is 0.471. The van der Waals surface area contributed by atoms with E-state index in [0.717, 1.165) is 25.6 Å². The number of guanidine groups is 1. The Bertz CT molecular complexity index is 488. The van der Waals surface area contributed by atoms with Crippen molar-refractivity contribution in [1.29, 1.82) is 0 Å². The molecule has 0 aliphatic rings. The first-order chi connectivity index (χ1) is 10.2. The van der Waals surface area contributed by atoms with Gasteiger partial charge in [-0.15, -0.1) is 6.42 Å². The molecule has 1 rings (SSSR count). The largest absolute Gasteiger partial charge is 0.357 e. The molecule has 0 radical (unpaired) electrons. The van der Waals surface area contributed by atoms with Gasteiger partial charge in [-0.1, -0.05) is 37.1 Å². The molecule has 0 atom stereocenters. The van der Waals surface area contributed by atoms with E-state index in [1.165, 1.54) is 11.1 Å². The second-order valence-electron chi connectivity index (χ2n) is 4.90. The van der Waals surface area contributed by atoms with Crippen LogP contribution in [0.1, 0.15) is 25.0 Å². The maximum absolute atomic E-state index is 5.26. The van der Waals surface area contributed by atoms with Gasteiger partial charge in [0.15, 0.2) is 5.96 Å². The molecule has 114 valence electrons. The lowest BCUT2D eigenvalue weighted by Gasteiger charge is -2.14. The molecular weight excluding hydrogens is 260 g/mol. The quantitative estimate of drug-likeness (QED) is 0.456. The van der Waals surface area contributed by atoms with Crippen LogP contribution in [0, 0.1) is 12.3 Å². The summed E-state index contributed by atoms with van der Waals surface area (Å²) < 4.78 is 0. The average Bonchev–Trinajstić information content (AvgIpc) is 2.50. The van der Waals surface area contributed by atoms with Crippen LogP contribution in [-0.2, 0) is 13.1 Å². The van der Waals surface area contributed by atoms with E-state index < -0.39 is 0 Å². The summed E-state index contributed by atoms with van der Waals surface area (Å²) in [6.45, 7) is 8.14. The lowest BCUT2D eigenvalue weighted by molar-refractivity contribution is 0.345. The molecule has 4 heteroatoms. The highest BCUT2D eigenvalue weighted by Gasteiger charge is 2.00. The average molecular weight is 286 g/mol. The van der Waals surface area contributed by atoms with Crippen LogP contribution in [0.5, 0.6) is 0 Å². The van der Waals surface area contributed by atoms with Crippen LogP contribution < -0.4 is 10.6 Å². The molecule has 0 fully saturated rings. The van der Waals surface area contributed by atoms with Gasteiger partial charge < -0.3 is 15.5 Å². The Hall–Kier alpha value is -1.99. The Morgan fingerprint density at radius 1 is 1.29 bits per heavy atom. The SMILES string of the molecule is C#CCNC(=NCc1cccc(CN(C)CC)c1)NCC. The second-order valence-corrected chi connectivity index (χ2v) is 4.90. The highest BCUT2D eigenvalue weighted by molar-refractivity contribution is 5.79. The molecule has 1 aromatic carbocycles. The molecule has 0 bridgehead atoms.